The zero-order valence-electron chi connectivity index (χ0n) is 18.0. The number of hydrogen-bond acceptors (Lipinski definition) is 3. The average Bonchev–Trinajstić information content (AvgIpc) is 2.94. The molecule has 0 bridgehead atoms. The summed E-state index contributed by atoms with van der Waals surface area (Å²) in [5.41, 5.74) is 0. The number of carbonyl (C=O) groups excluding carboxylic acids is 3. The highest BCUT2D eigenvalue weighted by Gasteiger charge is 2.31. The molecule has 0 aromatic heterocycles. The summed E-state index contributed by atoms with van der Waals surface area (Å²) in [6.07, 6.45) is 8.53. The summed E-state index contributed by atoms with van der Waals surface area (Å²) in [4.78, 5) is 43.0. The predicted molar refractivity (Wildman–Crippen MR) is 112 cm³/mol. The first-order valence-corrected chi connectivity index (χ1v) is 11.6. The maximum absolute atomic E-state index is 12.8. The second kappa shape index (κ2) is 10.8. The van der Waals surface area contributed by atoms with Crippen molar-refractivity contribution in [3.05, 3.63) is 0 Å². The van der Waals surface area contributed by atoms with Crippen LogP contribution in [0, 0.1) is 11.8 Å². The van der Waals surface area contributed by atoms with Crippen molar-refractivity contribution in [3.63, 3.8) is 0 Å². The van der Waals surface area contributed by atoms with Crippen molar-refractivity contribution in [2.24, 2.45) is 11.8 Å². The molecule has 1 atom stereocenters. The minimum absolute atomic E-state index is 0.0373. The van der Waals surface area contributed by atoms with E-state index in [-0.39, 0.29) is 17.9 Å². The van der Waals surface area contributed by atoms with Gasteiger partial charge in [-0.1, -0.05) is 13.3 Å². The van der Waals surface area contributed by atoms with Crippen molar-refractivity contribution in [1.29, 1.82) is 0 Å². The van der Waals surface area contributed by atoms with Crippen molar-refractivity contribution in [2.45, 2.75) is 64.7 Å². The molecule has 3 aliphatic rings. The third kappa shape index (κ3) is 6.34. The Kier molecular flexibility index (Phi) is 8.19. The Balaban J connectivity index is 1.32. The van der Waals surface area contributed by atoms with E-state index >= 15 is 0 Å². The van der Waals surface area contributed by atoms with E-state index in [1.807, 2.05) is 14.7 Å². The Hall–Kier alpha value is -1.79. The van der Waals surface area contributed by atoms with Crippen molar-refractivity contribution >= 4 is 17.8 Å². The van der Waals surface area contributed by atoms with Crippen LogP contribution in [0.4, 0.5) is 4.79 Å². The molecule has 3 saturated heterocycles. The van der Waals surface area contributed by atoms with Gasteiger partial charge in [-0.25, -0.2) is 4.79 Å². The largest absolute Gasteiger partial charge is 0.343 e. The van der Waals surface area contributed by atoms with Gasteiger partial charge in [0.15, 0.2) is 0 Å². The van der Waals surface area contributed by atoms with E-state index in [9.17, 15) is 14.4 Å². The Morgan fingerprint density at radius 1 is 0.966 bits per heavy atom. The number of rotatable bonds is 5. The number of amides is 4. The SMILES string of the molecule is CC1CCCN(C(=O)C2CCN(C(=O)NCCCN3CCCCCC3=O)CC2)C1. The summed E-state index contributed by atoms with van der Waals surface area (Å²) >= 11 is 0. The number of urea groups is 1. The summed E-state index contributed by atoms with van der Waals surface area (Å²) in [7, 11) is 0. The lowest BCUT2D eigenvalue weighted by atomic mass is 9.93. The van der Waals surface area contributed by atoms with Crippen molar-refractivity contribution < 1.29 is 14.4 Å². The summed E-state index contributed by atoms with van der Waals surface area (Å²) in [6.45, 7) is 7.46. The molecule has 0 spiro atoms. The van der Waals surface area contributed by atoms with Gasteiger partial charge in [0.25, 0.3) is 0 Å². The standard InChI is InChI=1S/C22H38N4O3/c1-18-7-5-13-26(17-18)21(28)19-9-15-25(16-10-19)22(29)23-11-6-14-24-12-4-2-3-8-20(24)27/h18-19H,2-17H2,1H3,(H,23,29). The van der Waals surface area contributed by atoms with Gasteiger partial charge in [-0.2, -0.15) is 0 Å². The molecular weight excluding hydrogens is 368 g/mol. The molecule has 7 heteroatoms. The van der Waals surface area contributed by atoms with Crippen LogP contribution in [0.25, 0.3) is 0 Å². The lowest BCUT2D eigenvalue weighted by molar-refractivity contribution is -0.138. The Morgan fingerprint density at radius 3 is 2.52 bits per heavy atom. The lowest BCUT2D eigenvalue weighted by Gasteiger charge is -2.37. The number of likely N-dealkylation sites (tertiary alicyclic amines) is 3. The van der Waals surface area contributed by atoms with E-state index in [0.717, 1.165) is 71.1 Å². The van der Waals surface area contributed by atoms with E-state index in [1.165, 1.54) is 6.42 Å². The van der Waals surface area contributed by atoms with Gasteiger partial charge in [0.05, 0.1) is 0 Å². The fraction of sp³-hybridized carbons (Fsp3) is 0.864. The Bertz CT molecular complexity index is 574. The van der Waals surface area contributed by atoms with E-state index in [2.05, 4.69) is 12.2 Å². The summed E-state index contributed by atoms with van der Waals surface area (Å²) in [5.74, 6) is 1.21. The highest BCUT2D eigenvalue weighted by atomic mass is 16.2. The van der Waals surface area contributed by atoms with Crippen LogP contribution in [0.3, 0.4) is 0 Å². The zero-order valence-corrected chi connectivity index (χ0v) is 18.0. The smallest absolute Gasteiger partial charge is 0.317 e. The summed E-state index contributed by atoms with van der Waals surface area (Å²) in [5, 5.41) is 2.99. The van der Waals surface area contributed by atoms with Crippen LogP contribution in [0.15, 0.2) is 0 Å². The van der Waals surface area contributed by atoms with Gasteiger partial charge in [-0.3, -0.25) is 9.59 Å². The zero-order chi connectivity index (χ0) is 20.6. The molecule has 0 aromatic rings. The molecule has 0 radical (unpaired) electrons. The number of carbonyl (C=O) groups is 3. The molecule has 1 N–H and O–H groups in total. The number of nitrogens with zero attached hydrogens (tertiary/aromatic N) is 3. The molecule has 3 fully saturated rings. The van der Waals surface area contributed by atoms with Crippen molar-refractivity contribution in [1.82, 2.24) is 20.0 Å². The van der Waals surface area contributed by atoms with Gasteiger partial charge in [0.1, 0.15) is 0 Å². The Morgan fingerprint density at radius 2 is 1.76 bits per heavy atom. The van der Waals surface area contributed by atoms with E-state index in [1.54, 1.807) is 0 Å². The average molecular weight is 407 g/mol. The minimum Gasteiger partial charge on any atom is -0.343 e. The third-order valence-corrected chi connectivity index (χ3v) is 6.65. The maximum atomic E-state index is 12.8. The van der Waals surface area contributed by atoms with E-state index in [4.69, 9.17) is 0 Å². The first kappa shape index (κ1) is 21.9. The molecule has 7 nitrogen and oxygen atoms in total. The molecule has 1 unspecified atom stereocenters. The fourth-order valence-corrected chi connectivity index (χ4v) is 4.83. The van der Waals surface area contributed by atoms with Crippen LogP contribution in [0.1, 0.15) is 64.7 Å². The van der Waals surface area contributed by atoms with Gasteiger partial charge in [0, 0.05) is 58.2 Å². The maximum Gasteiger partial charge on any atom is 0.317 e. The lowest BCUT2D eigenvalue weighted by Crippen LogP contribution is -2.49. The summed E-state index contributed by atoms with van der Waals surface area (Å²) in [6, 6.07) is -0.0373. The van der Waals surface area contributed by atoms with Crippen molar-refractivity contribution in [3.8, 4) is 0 Å². The van der Waals surface area contributed by atoms with Crippen LogP contribution < -0.4 is 5.32 Å². The van der Waals surface area contributed by atoms with Crippen LogP contribution in [-0.4, -0.2) is 78.4 Å². The molecular formula is C22H38N4O3. The fourth-order valence-electron chi connectivity index (χ4n) is 4.83. The highest BCUT2D eigenvalue weighted by Crippen LogP contribution is 2.23. The number of nitrogens with one attached hydrogen (secondary N) is 1. The third-order valence-electron chi connectivity index (χ3n) is 6.65. The topological polar surface area (TPSA) is 73.0 Å². The quantitative estimate of drug-likeness (QED) is 0.713. The predicted octanol–water partition coefficient (Wildman–Crippen LogP) is 2.46. The first-order valence-electron chi connectivity index (χ1n) is 11.6. The molecule has 164 valence electrons. The van der Waals surface area contributed by atoms with Crippen molar-refractivity contribution in [2.75, 3.05) is 45.8 Å². The molecule has 0 saturated carbocycles. The van der Waals surface area contributed by atoms with Gasteiger partial charge in [-0.15, -0.1) is 0 Å². The normalized spacial score (nSPS) is 24.4. The Labute approximate surface area is 175 Å². The summed E-state index contributed by atoms with van der Waals surface area (Å²) < 4.78 is 0. The van der Waals surface area contributed by atoms with Crippen LogP contribution in [-0.2, 0) is 9.59 Å². The van der Waals surface area contributed by atoms with Gasteiger partial charge in [0.2, 0.25) is 11.8 Å². The molecule has 3 aliphatic heterocycles. The number of hydrogen-bond donors (Lipinski definition) is 1. The van der Waals surface area contributed by atoms with E-state index in [0.29, 0.717) is 37.9 Å². The number of piperidine rings is 2. The minimum atomic E-state index is -0.0373. The molecule has 29 heavy (non-hydrogen) atoms. The molecule has 3 rings (SSSR count). The van der Waals surface area contributed by atoms with Gasteiger partial charge in [-0.05, 0) is 50.9 Å². The monoisotopic (exact) mass is 406 g/mol. The molecule has 4 amide bonds. The van der Waals surface area contributed by atoms with Crippen LogP contribution in [0.5, 0.6) is 0 Å². The van der Waals surface area contributed by atoms with Gasteiger partial charge < -0.3 is 20.0 Å². The van der Waals surface area contributed by atoms with Crippen LogP contribution in [0.2, 0.25) is 0 Å². The van der Waals surface area contributed by atoms with Gasteiger partial charge >= 0.3 is 6.03 Å². The van der Waals surface area contributed by atoms with E-state index < -0.39 is 0 Å². The first-order chi connectivity index (χ1) is 14.0. The molecule has 0 aliphatic carbocycles. The molecule has 3 heterocycles. The highest BCUT2D eigenvalue weighted by molar-refractivity contribution is 5.80. The molecule has 0 aromatic carbocycles. The van der Waals surface area contributed by atoms with Crippen LogP contribution >= 0.6 is 0 Å². The second-order valence-electron chi connectivity index (χ2n) is 9.07. The second-order valence-corrected chi connectivity index (χ2v) is 9.07.